The van der Waals surface area contributed by atoms with Crippen molar-refractivity contribution in [2.24, 2.45) is 16.7 Å². The molecule has 1 aromatic carbocycles. The molecule has 4 aliphatic rings. The average Bonchev–Trinajstić information content (AvgIpc) is 2.64. The lowest BCUT2D eigenvalue weighted by Crippen LogP contribution is -2.33. The highest BCUT2D eigenvalue weighted by atomic mass is 14.5. The third-order valence-corrected chi connectivity index (χ3v) is 8.36. The number of aryl methyl sites for hydroxylation is 2. The third kappa shape index (κ3) is 3.67. The van der Waals surface area contributed by atoms with Gasteiger partial charge in [0.2, 0.25) is 0 Å². The Hall–Kier alpha value is -2.34. The zero-order valence-corrected chi connectivity index (χ0v) is 21.7. The zero-order valence-electron chi connectivity index (χ0n) is 21.7. The van der Waals surface area contributed by atoms with Crippen LogP contribution in [0.5, 0.6) is 0 Å². The molecule has 0 nitrogen and oxygen atoms in total. The molecule has 1 aromatic rings. The monoisotopic (exact) mass is 436 g/mol. The number of benzene rings is 1. The molecule has 0 unspecified atom stereocenters. The van der Waals surface area contributed by atoms with Gasteiger partial charge in [0.1, 0.15) is 0 Å². The molecule has 0 spiro atoms. The van der Waals surface area contributed by atoms with Crippen LogP contribution in [0.3, 0.4) is 0 Å². The van der Waals surface area contributed by atoms with Crippen LogP contribution in [-0.2, 0) is 6.42 Å². The molecule has 0 aromatic heterocycles. The van der Waals surface area contributed by atoms with Gasteiger partial charge in [-0.05, 0) is 102 Å². The van der Waals surface area contributed by atoms with Crippen molar-refractivity contribution in [1.82, 2.24) is 0 Å². The third-order valence-electron chi connectivity index (χ3n) is 8.36. The van der Waals surface area contributed by atoms with Crippen molar-refractivity contribution < 1.29 is 0 Å². The molecule has 0 fully saturated rings. The molecule has 5 rings (SSSR count). The maximum absolute atomic E-state index is 4.71. The summed E-state index contributed by atoms with van der Waals surface area (Å²) in [7, 11) is 0. The predicted molar refractivity (Wildman–Crippen MR) is 143 cm³/mol. The highest BCUT2D eigenvalue weighted by Gasteiger charge is 2.44. The van der Waals surface area contributed by atoms with Gasteiger partial charge in [0, 0.05) is 5.92 Å². The molecule has 4 aliphatic carbocycles. The van der Waals surface area contributed by atoms with E-state index in [1.54, 1.807) is 11.1 Å². The SMILES string of the molecule is C=C1CC(C)(C)CC2=C1C(C1=CCc3cc(C)cc(C)c3C1=C)C1=C(C2)CC(C)(C)CC1=C. The standard InChI is InChI=1S/C33H40/c1-19-12-20(2)28-23(5)27(11-10-24(28)13-19)31-29-21(3)15-32(6,7)17-25(29)14-26-18-33(8,9)16-22(4)30(26)31/h11-13,31H,3-5,10,14-18H2,1-2,6-9H3. The minimum Gasteiger partial charge on any atom is -0.0955 e. The Balaban J connectivity index is 1.70. The van der Waals surface area contributed by atoms with E-state index in [9.17, 15) is 0 Å². The molecule has 0 saturated heterocycles. The summed E-state index contributed by atoms with van der Waals surface area (Å²) in [4.78, 5) is 0. The van der Waals surface area contributed by atoms with Crippen molar-refractivity contribution in [3.63, 3.8) is 0 Å². The summed E-state index contributed by atoms with van der Waals surface area (Å²) in [5, 5.41) is 0. The number of allylic oxidation sites excluding steroid dienone is 9. The molecule has 172 valence electrons. The van der Waals surface area contributed by atoms with Gasteiger partial charge >= 0.3 is 0 Å². The first kappa shape index (κ1) is 22.5. The summed E-state index contributed by atoms with van der Waals surface area (Å²) in [6.07, 6.45) is 9.10. The second-order valence-corrected chi connectivity index (χ2v) is 12.8. The first-order valence-corrected chi connectivity index (χ1v) is 12.7. The fourth-order valence-corrected chi connectivity index (χ4v) is 7.59. The lowest BCUT2D eigenvalue weighted by molar-refractivity contribution is 0.319. The minimum atomic E-state index is 0.261. The average molecular weight is 437 g/mol. The van der Waals surface area contributed by atoms with Crippen LogP contribution >= 0.6 is 0 Å². The van der Waals surface area contributed by atoms with Crippen molar-refractivity contribution in [1.29, 1.82) is 0 Å². The van der Waals surface area contributed by atoms with Crippen molar-refractivity contribution in [2.75, 3.05) is 0 Å². The van der Waals surface area contributed by atoms with E-state index in [4.69, 9.17) is 6.58 Å². The Morgan fingerprint density at radius 3 is 1.88 bits per heavy atom. The fraction of sp³-hybridized carbons (Fsp3) is 0.455. The Bertz CT molecular complexity index is 1160. The maximum atomic E-state index is 4.71. The molecule has 0 bridgehead atoms. The van der Waals surface area contributed by atoms with Crippen LogP contribution in [0.1, 0.15) is 82.1 Å². The van der Waals surface area contributed by atoms with E-state index in [0.29, 0.717) is 10.8 Å². The van der Waals surface area contributed by atoms with Gasteiger partial charge in [0.15, 0.2) is 0 Å². The van der Waals surface area contributed by atoms with Crippen molar-refractivity contribution >= 4 is 5.57 Å². The van der Waals surface area contributed by atoms with Crippen molar-refractivity contribution in [3.8, 4) is 0 Å². The topological polar surface area (TPSA) is 0 Å². The normalized spacial score (nSPS) is 24.4. The highest BCUT2D eigenvalue weighted by Crippen LogP contribution is 2.58. The molecule has 0 heteroatoms. The first-order chi connectivity index (χ1) is 15.4. The molecule has 0 heterocycles. The Morgan fingerprint density at radius 2 is 1.33 bits per heavy atom. The van der Waals surface area contributed by atoms with Crippen molar-refractivity contribution in [2.45, 2.75) is 80.1 Å². The van der Waals surface area contributed by atoms with E-state index in [0.717, 1.165) is 25.7 Å². The van der Waals surface area contributed by atoms with Gasteiger partial charge in [0.05, 0.1) is 0 Å². The van der Waals surface area contributed by atoms with Gasteiger partial charge in [-0.15, -0.1) is 0 Å². The Kier molecular flexibility index (Phi) is 4.99. The molecule has 0 radical (unpaired) electrons. The smallest absolute Gasteiger partial charge is 0.0347 e. The van der Waals surface area contributed by atoms with E-state index in [1.807, 2.05) is 0 Å². The Morgan fingerprint density at radius 1 is 0.788 bits per heavy atom. The van der Waals surface area contributed by atoms with Crippen LogP contribution in [0, 0.1) is 30.6 Å². The van der Waals surface area contributed by atoms with Crippen molar-refractivity contribution in [3.05, 3.63) is 99.2 Å². The van der Waals surface area contributed by atoms with E-state index in [-0.39, 0.29) is 5.92 Å². The summed E-state index contributed by atoms with van der Waals surface area (Å²) in [5.41, 5.74) is 17.7. The lowest BCUT2D eigenvalue weighted by Gasteiger charge is -2.47. The molecule has 0 saturated carbocycles. The quantitative estimate of drug-likeness (QED) is 0.411. The van der Waals surface area contributed by atoms with Crippen LogP contribution in [0.2, 0.25) is 0 Å². The summed E-state index contributed by atoms with van der Waals surface area (Å²) < 4.78 is 0. The molecule has 33 heavy (non-hydrogen) atoms. The van der Waals surface area contributed by atoms with Gasteiger partial charge in [0.25, 0.3) is 0 Å². The summed E-state index contributed by atoms with van der Waals surface area (Å²) in [5.74, 6) is 0.261. The molecule has 0 atom stereocenters. The van der Waals surface area contributed by atoms with Gasteiger partial charge < -0.3 is 0 Å². The highest BCUT2D eigenvalue weighted by molar-refractivity contribution is 5.86. The number of fused-ring (bicyclic) bond motifs is 1. The second kappa shape index (κ2) is 7.33. The molecular weight excluding hydrogens is 396 g/mol. The molecule has 0 aliphatic heterocycles. The molecular formula is C33H40. The van der Waals surface area contributed by atoms with Crippen LogP contribution in [0.25, 0.3) is 5.57 Å². The van der Waals surface area contributed by atoms with Crippen LogP contribution < -0.4 is 0 Å². The summed E-state index contributed by atoms with van der Waals surface area (Å²) in [6.45, 7) is 28.1. The van der Waals surface area contributed by atoms with E-state index in [2.05, 4.69) is 72.9 Å². The van der Waals surface area contributed by atoms with Gasteiger partial charge in [-0.1, -0.05) is 93.5 Å². The van der Waals surface area contributed by atoms with Crippen LogP contribution in [0.4, 0.5) is 0 Å². The number of hydrogen-bond donors (Lipinski definition) is 0. The molecule has 0 amide bonds. The lowest BCUT2D eigenvalue weighted by atomic mass is 9.57. The van der Waals surface area contributed by atoms with E-state index < -0.39 is 0 Å². The zero-order chi connectivity index (χ0) is 23.9. The predicted octanol–water partition coefficient (Wildman–Crippen LogP) is 9.16. The Labute approximate surface area is 201 Å². The summed E-state index contributed by atoms with van der Waals surface area (Å²) >= 11 is 0. The number of rotatable bonds is 1. The van der Waals surface area contributed by atoms with Gasteiger partial charge in [-0.2, -0.15) is 0 Å². The maximum Gasteiger partial charge on any atom is 0.0347 e. The van der Waals surface area contributed by atoms with Crippen LogP contribution in [-0.4, -0.2) is 0 Å². The molecule has 0 N–H and O–H groups in total. The van der Waals surface area contributed by atoms with Crippen LogP contribution in [0.15, 0.2) is 77.0 Å². The largest absolute Gasteiger partial charge is 0.0955 e. The minimum absolute atomic E-state index is 0.261. The van der Waals surface area contributed by atoms with Gasteiger partial charge in [-0.25, -0.2) is 0 Å². The second-order valence-electron chi connectivity index (χ2n) is 12.8. The first-order valence-electron chi connectivity index (χ1n) is 12.7. The van der Waals surface area contributed by atoms with E-state index >= 15 is 0 Å². The van der Waals surface area contributed by atoms with Gasteiger partial charge in [-0.3, -0.25) is 0 Å². The summed E-state index contributed by atoms with van der Waals surface area (Å²) in [6, 6.07) is 4.66. The number of hydrogen-bond acceptors (Lipinski definition) is 0. The van der Waals surface area contributed by atoms with E-state index in [1.165, 1.54) is 68.5 Å². The fourth-order valence-electron chi connectivity index (χ4n) is 7.59.